The van der Waals surface area contributed by atoms with Gasteiger partial charge in [-0.15, -0.1) is 24.0 Å². The van der Waals surface area contributed by atoms with Crippen LogP contribution in [0.1, 0.15) is 17.4 Å². The molecule has 0 spiro atoms. The van der Waals surface area contributed by atoms with E-state index in [0.717, 1.165) is 5.69 Å². The summed E-state index contributed by atoms with van der Waals surface area (Å²) in [6, 6.07) is 1.95. The average Bonchev–Trinajstić information content (AvgIpc) is 2.99. The molecular formula is C11H18IN7O. The van der Waals surface area contributed by atoms with Crippen LogP contribution < -0.4 is 10.6 Å². The molecule has 0 saturated carbocycles. The third kappa shape index (κ3) is 4.47. The van der Waals surface area contributed by atoms with Crippen molar-refractivity contribution in [2.45, 2.75) is 20.0 Å². The number of hydrogen-bond donors (Lipinski definition) is 2. The number of nitrogens with zero attached hydrogens (tertiary/aromatic N) is 5. The molecule has 8 nitrogen and oxygen atoms in total. The van der Waals surface area contributed by atoms with E-state index < -0.39 is 0 Å². The Morgan fingerprint density at radius 1 is 1.40 bits per heavy atom. The molecule has 2 N–H and O–H groups in total. The Balaban J connectivity index is 0.00000200. The fraction of sp³-hybridized carbons (Fsp3) is 0.455. The number of aryl methyl sites for hydroxylation is 2. The van der Waals surface area contributed by atoms with Gasteiger partial charge in [0, 0.05) is 20.3 Å². The van der Waals surface area contributed by atoms with Gasteiger partial charge in [-0.25, -0.2) is 0 Å². The summed E-state index contributed by atoms with van der Waals surface area (Å²) in [5.41, 5.74) is 1.07. The molecule has 0 aliphatic heterocycles. The van der Waals surface area contributed by atoms with Crippen LogP contribution in [0.2, 0.25) is 0 Å². The topological polar surface area (TPSA) is 93.2 Å². The molecule has 0 radical (unpaired) electrons. The first-order valence-electron chi connectivity index (χ1n) is 5.89. The summed E-state index contributed by atoms with van der Waals surface area (Å²) in [6.07, 6.45) is 1.76. The van der Waals surface area contributed by atoms with E-state index >= 15 is 0 Å². The molecule has 0 bridgehead atoms. The number of guanidine groups is 1. The lowest BCUT2D eigenvalue weighted by atomic mass is 10.4. The molecule has 0 aliphatic carbocycles. The van der Waals surface area contributed by atoms with Gasteiger partial charge in [0.2, 0.25) is 5.89 Å². The Bertz CT molecular complexity index is 563. The molecule has 0 aromatic carbocycles. The molecule has 2 heterocycles. The minimum absolute atomic E-state index is 0. The van der Waals surface area contributed by atoms with Crippen LogP contribution in [0.3, 0.4) is 0 Å². The predicted octanol–water partition coefficient (Wildman–Crippen LogP) is 0.595. The van der Waals surface area contributed by atoms with Crippen molar-refractivity contribution in [1.29, 1.82) is 0 Å². The fourth-order valence-electron chi connectivity index (χ4n) is 1.54. The van der Waals surface area contributed by atoms with E-state index in [2.05, 4.69) is 30.9 Å². The minimum atomic E-state index is 0. The molecule has 110 valence electrons. The minimum Gasteiger partial charge on any atom is -0.351 e. The number of nitrogens with one attached hydrogen (secondary N) is 2. The third-order valence-electron chi connectivity index (χ3n) is 2.56. The van der Waals surface area contributed by atoms with Crippen LogP contribution in [0.15, 0.2) is 21.8 Å². The van der Waals surface area contributed by atoms with Crippen LogP contribution in [0, 0.1) is 6.92 Å². The summed E-state index contributed by atoms with van der Waals surface area (Å²) < 4.78 is 6.82. The summed E-state index contributed by atoms with van der Waals surface area (Å²) in [5, 5.41) is 14.1. The highest BCUT2D eigenvalue weighted by Crippen LogP contribution is 1.96. The first-order valence-corrected chi connectivity index (χ1v) is 5.89. The smallest absolute Gasteiger partial charge is 0.246 e. The van der Waals surface area contributed by atoms with E-state index in [1.54, 1.807) is 20.2 Å². The van der Waals surface area contributed by atoms with Crippen LogP contribution >= 0.6 is 24.0 Å². The molecule has 2 rings (SSSR count). The van der Waals surface area contributed by atoms with Gasteiger partial charge in [0.05, 0.1) is 18.8 Å². The summed E-state index contributed by atoms with van der Waals surface area (Å²) in [6.45, 7) is 2.85. The average molecular weight is 391 g/mol. The maximum Gasteiger partial charge on any atom is 0.246 e. The standard InChI is InChI=1S/C11H17N7O.HI/c1-8-16-10(19-17-8)7-14-11(12-2)13-6-9-4-5-15-18(9)3;/h4-5H,6-7H2,1-3H3,(H2,12,13,14);1H. The lowest BCUT2D eigenvalue weighted by Crippen LogP contribution is -2.36. The second-order valence-corrected chi connectivity index (χ2v) is 3.96. The van der Waals surface area contributed by atoms with Crippen molar-refractivity contribution in [3.05, 3.63) is 29.7 Å². The highest BCUT2D eigenvalue weighted by Gasteiger charge is 2.05. The maximum absolute atomic E-state index is 5.01. The van der Waals surface area contributed by atoms with E-state index in [1.807, 2.05) is 17.8 Å². The molecule has 2 aromatic rings. The molecule has 0 unspecified atom stereocenters. The Kier molecular flexibility index (Phi) is 6.42. The van der Waals surface area contributed by atoms with Crippen molar-refractivity contribution in [1.82, 2.24) is 30.6 Å². The molecular weight excluding hydrogens is 373 g/mol. The van der Waals surface area contributed by atoms with Gasteiger partial charge in [-0.05, 0) is 13.0 Å². The number of rotatable bonds is 4. The van der Waals surface area contributed by atoms with Gasteiger partial charge >= 0.3 is 0 Å². The molecule has 0 atom stereocenters. The molecule has 0 aliphatic rings. The van der Waals surface area contributed by atoms with Gasteiger partial charge in [-0.3, -0.25) is 9.67 Å². The quantitative estimate of drug-likeness (QED) is 0.451. The highest BCUT2D eigenvalue weighted by atomic mass is 127. The second kappa shape index (κ2) is 7.82. The molecule has 9 heteroatoms. The zero-order chi connectivity index (χ0) is 13.7. The number of halogens is 1. The van der Waals surface area contributed by atoms with Gasteiger partial charge < -0.3 is 15.2 Å². The van der Waals surface area contributed by atoms with E-state index in [1.165, 1.54) is 0 Å². The van der Waals surface area contributed by atoms with Gasteiger partial charge in [0.15, 0.2) is 11.8 Å². The van der Waals surface area contributed by atoms with Gasteiger partial charge in [0.1, 0.15) is 0 Å². The Morgan fingerprint density at radius 2 is 2.15 bits per heavy atom. The Labute approximate surface area is 134 Å². The van der Waals surface area contributed by atoms with Crippen LogP contribution in [-0.2, 0) is 20.1 Å². The lowest BCUT2D eigenvalue weighted by molar-refractivity contribution is 0.371. The molecule has 2 aromatic heterocycles. The number of aromatic nitrogens is 4. The van der Waals surface area contributed by atoms with Crippen molar-refractivity contribution < 1.29 is 4.52 Å². The normalized spacial score (nSPS) is 11.1. The molecule has 0 saturated heterocycles. The summed E-state index contributed by atoms with van der Waals surface area (Å²) in [5.74, 6) is 1.81. The van der Waals surface area contributed by atoms with Crippen LogP contribution in [0.4, 0.5) is 0 Å². The summed E-state index contributed by atoms with van der Waals surface area (Å²) >= 11 is 0. The van der Waals surface area contributed by atoms with Crippen molar-refractivity contribution in [3.63, 3.8) is 0 Å². The summed E-state index contributed by atoms with van der Waals surface area (Å²) in [4.78, 5) is 8.22. The van der Waals surface area contributed by atoms with Crippen molar-refractivity contribution >= 4 is 29.9 Å². The van der Waals surface area contributed by atoms with Crippen LogP contribution in [-0.4, -0.2) is 32.9 Å². The SMILES string of the molecule is CN=C(NCc1nc(C)no1)NCc1ccnn1C.I. The Morgan fingerprint density at radius 3 is 2.70 bits per heavy atom. The van der Waals surface area contributed by atoms with Crippen LogP contribution in [0.25, 0.3) is 0 Å². The van der Waals surface area contributed by atoms with E-state index in [9.17, 15) is 0 Å². The fourth-order valence-corrected chi connectivity index (χ4v) is 1.54. The summed E-state index contributed by atoms with van der Waals surface area (Å²) in [7, 11) is 3.60. The molecule has 0 fully saturated rings. The van der Waals surface area contributed by atoms with Crippen molar-refractivity contribution in [2.75, 3.05) is 7.05 Å². The van der Waals surface area contributed by atoms with E-state index in [4.69, 9.17) is 4.52 Å². The highest BCUT2D eigenvalue weighted by molar-refractivity contribution is 14.0. The first kappa shape index (κ1) is 16.4. The number of hydrogen-bond acceptors (Lipinski definition) is 5. The van der Waals surface area contributed by atoms with Crippen LogP contribution in [0.5, 0.6) is 0 Å². The van der Waals surface area contributed by atoms with Gasteiger partial charge in [-0.2, -0.15) is 10.1 Å². The van der Waals surface area contributed by atoms with Gasteiger partial charge in [0.25, 0.3) is 0 Å². The van der Waals surface area contributed by atoms with Crippen molar-refractivity contribution in [3.8, 4) is 0 Å². The Hall–Kier alpha value is -1.65. The van der Waals surface area contributed by atoms with Crippen molar-refractivity contribution in [2.24, 2.45) is 12.0 Å². The molecule has 0 amide bonds. The first-order chi connectivity index (χ1) is 9.19. The number of aliphatic imine (C=N–C) groups is 1. The lowest BCUT2D eigenvalue weighted by Gasteiger charge is -2.10. The van der Waals surface area contributed by atoms with Gasteiger partial charge in [-0.1, -0.05) is 5.16 Å². The zero-order valence-corrected chi connectivity index (χ0v) is 14.0. The van der Waals surface area contributed by atoms with E-state index in [-0.39, 0.29) is 24.0 Å². The maximum atomic E-state index is 5.01. The predicted molar refractivity (Wildman–Crippen MR) is 84.7 cm³/mol. The second-order valence-electron chi connectivity index (χ2n) is 3.96. The zero-order valence-electron chi connectivity index (χ0n) is 11.6. The largest absolute Gasteiger partial charge is 0.351 e. The monoisotopic (exact) mass is 391 g/mol. The van der Waals surface area contributed by atoms with E-state index in [0.29, 0.717) is 30.8 Å². The third-order valence-corrected chi connectivity index (χ3v) is 2.56. The molecule has 20 heavy (non-hydrogen) atoms.